The molecule has 0 fully saturated rings. The van der Waals surface area contributed by atoms with Gasteiger partial charge in [-0.25, -0.2) is 4.98 Å². The van der Waals surface area contributed by atoms with Crippen LogP contribution in [0.5, 0.6) is 5.75 Å². The van der Waals surface area contributed by atoms with E-state index in [4.69, 9.17) is 16.3 Å². The van der Waals surface area contributed by atoms with Crippen LogP contribution < -0.4 is 4.74 Å². The van der Waals surface area contributed by atoms with Gasteiger partial charge in [0.25, 0.3) is 0 Å². The Hall–Kier alpha value is -2.07. The fourth-order valence-corrected chi connectivity index (χ4v) is 2.59. The van der Waals surface area contributed by atoms with E-state index in [2.05, 4.69) is 21.5 Å². The van der Waals surface area contributed by atoms with Crippen LogP contribution in [-0.2, 0) is 12.4 Å². The first-order valence-corrected chi connectivity index (χ1v) is 7.25. The average Bonchev–Trinajstić information content (AvgIpc) is 2.86. The minimum atomic E-state index is 0.371. The van der Waals surface area contributed by atoms with Crippen LogP contribution in [0.4, 0.5) is 0 Å². The van der Waals surface area contributed by atoms with E-state index in [1.54, 1.807) is 13.3 Å². The van der Waals surface area contributed by atoms with Gasteiger partial charge in [-0.05, 0) is 36.2 Å². The van der Waals surface area contributed by atoms with E-state index >= 15 is 0 Å². The van der Waals surface area contributed by atoms with Crippen molar-refractivity contribution < 1.29 is 4.74 Å². The number of alkyl halides is 1. The molecule has 0 aliphatic heterocycles. The zero-order valence-corrected chi connectivity index (χ0v) is 12.8. The maximum absolute atomic E-state index is 6.05. The fourth-order valence-electron chi connectivity index (χ4n) is 2.39. The second-order valence-corrected chi connectivity index (χ2v) is 5.17. The third-order valence-electron chi connectivity index (χ3n) is 3.63. The number of hydrogen-bond donors (Lipinski definition) is 0. The minimum Gasteiger partial charge on any atom is -0.497 e. The van der Waals surface area contributed by atoms with Crippen LogP contribution in [0.15, 0.2) is 36.7 Å². The van der Waals surface area contributed by atoms with Crippen LogP contribution in [0.2, 0.25) is 0 Å². The van der Waals surface area contributed by atoms with Crippen LogP contribution in [0.1, 0.15) is 17.0 Å². The number of imidazole rings is 1. The van der Waals surface area contributed by atoms with Gasteiger partial charge in [0.2, 0.25) is 0 Å². The predicted octanol–water partition coefficient (Wildman–Crippen LogP) is 3.54. The van der Waals surface area contributed by atoms with Gasteiger partial charge in [-0.3, -0.25) is 4.98 Å². The number of aryl methyl sites for hydroxylation is 1. The fraction of sp³-hybridized carbons (Fsp3) is 0.250. The lowest BCUT2D eigenvalue weighted by molar-refractivity contribution is 0.415. The van der Waals surface area contributed by atoms with Crippen molar-refractivity contribution in [3.63, 3.8) is 0 Å². The van der Waals surface area contributed by atoms with E-state index in [0.717, 1.165) is 28.2 Å². The normalized spacial score (nSPS) is 11.0. The number of aromatic nitrogens is 3. The predicted molar refractivity (Wildman–Crippen MR) is 83.9 cm³/mol. The molecule has 2 heterocycles. The summed E-state index contributed by atoms with van der Waals surface area (Å²) in [6, 6.07) is 7.86. The molecule has 0 unspecified atom stereocenters. The quantitative estimate of drug-likeness (QED) is 0.692. The van der Waals surface area contributed by atoms with Gasteiger partial charge in [0.1, 0.15) is 11.6 Å². The van der Waals surface area contributed by atoms with Crippen molar-refractivity contribution in [3.05, 3.63) is 53.6 Å². The molecule has 2 aromatic heterocycles. The molecule has 3 aromatic rings. The second-order valence-electron chi connectivity index (χ2n) is 4.90. The summed E-state index contributed by atoms with van der Waals surface area (Å²) in [5.74, 6) is 2.03. The SMILES string of the molecule is COc1ccc2nc(CCl)n(Cc3cnccc3C)c2c1. The van der Waals surface area contributed by atoms with Crippen molar-refractivity contribution in [1.82, 2.24) is 14.5 Å². The van der Waals surface area contributed by atoms with Gasteiger partial charge in [-0.2, -0.15) is 0 Å². The van der Waals surface area contributed by atoms with Gasteiger partial charge in [-0.1, -0.05) is 0 Å². The van der Waals surface area contributed by atoms with Crippen LogP contribution in [0.25, 0.3) is 11.0 Å². The van der Waals surface area contributed by atoms with E-state index < -0.39 is 0 Å². The number of ether oxygens (including phenoxy) is 1. The van der Waals surface area contributed by atoms with Gasteiger partial charge in [-0.15, -0.1) is 11.6 Å². The molecule has 0 bridgehead atoms. The number of nitrogens with zero attached hydrogens (tertiary/aromatic N) is 3. The summed E-state index contributed by atoms with van der Waals surface area (Å²) in [6.07, 6.45) is 3.69. The summed E-state index contributed by atoms with van der Waals surface area (Å²) in [5.41, 5.74) is 4.31. The first-order valence-electron chi connectivity index (χ1n) is 6.71. The zero-order chi connectivity index (χ0) is 14.8. The molecule has 0 spiro atoms. The van der Waals surface area contributed by atoms with Crippen molar-refractivity contribution in [2.45, 2.75) is 19.3 Å². The van der Waals surface area contributed by atoms with Crippen molar-refractivity contribution in [1.29, 1.82) is 0 Å². The Kier molecular flexibility index (Phi) is 3.80. The molecule has 21 heavy (non-hydrogen) atoms. The summed E-state index contributed by atoms with van der Waals surface area (Å²) in [7, 11) is 1.66. The van der Waals surface area contributed by atoms with Crippen molar-refractivity contribution in [3.8, 4) is 5.75 Å². The number of methoxy groups -OCH3 is 1. The number of benzene rings is 1. The molecule has 5 heteroatoms. The lowest BCUT2D eigenvalue weighted by atomic mass is 10.1. The minimum absolute atomic E-state index is 0.371. The molecular formula is C16H16ClN3O. The topological polar surface area (TPSA) is 39.9 Å². The zero-order valence-electron chi connectivity index (χ0n) is 12.0. The van der Waals surface area contributed by atoms with Gasteiger partial charge in [0.15, 0.2) is 0 Å². The first kappa shape index (κ1) is 13.9. The highest BCUT2D eigenvalue weighted by atomic mass is 35.5. The molecule has 0 atom stereocenters. The first-order chi connectivity index (χ1) is 10.2. The summed E-state index contributed by atoms with van der Waals surface area (Å²) in [5, 5.41) is 0. The maximum atomic E-state index is 6.05. The van der Waals surface area contributed by atoms with E-state index in [1.165, 1.54) is 5.56 Å². The van der Waals surface area contributed by atoms with E-state index in [1.807, 2.05) is 30.5 Å². The molecule has 0 aliphatic rings. The highest BCUT2D eigenvalue weighted by Crippen LogP contribution is 2.24. The standard InChI is InChI=1S/C16H16ClN3O/c1-11-5-6-18-9-12(11)10-20-15-7-13(21-2)3-4-14(15)19-16(20)8-17/h3-7,9H,8,10H2,1-2H3. The number of pyridine rings is 1. The van der Waals surface area contributed by atoms with Crippen LogP contribution in [0.3, 0.4) is 0 Å². The Bertz CT molecular complexity index is 782. The molecule has 0 saturated heterocycles. The largest absolute Gasteiger partial charge is 0.497 e. The second kappa shape index (κ2) is 5.74. The maximum Gasteiger partial charge on any atom is 0.125 e. The van der Waals surface area contributed by atoms with Gasteiger partial charge in [0.05, 0.1) is 30.6 Å². The molecule has 4 nitrogen and oxygen atoms in total. The third kappa shape index (κ3) is 2.59. The molecule has 108 valence electrons. The molecule has 0 aliphatic carbocycles. The summed E-state index contributed by atoms with van der Waals surface area (Å²) in [4.78, 5) is 8.79. The molecule has 0 N–H and O–H groups in total. The Morgan fingerprint density at radius 2 is 2.14 bits per heavy atom. The Morgan fingerprint density at radius 3 is 2.86 bits per heavy atom. The molecule has 0 amide bonds. The number of rotatable bonds is 4. The van der Waals surface area contributed by atoms with E-state index in [0.29, 0.717) is 12.4 Å². The smallest absolute Gasteiger partial charge is 0.125 e. The molecule has 3 rings (SSSR count). The Morgan fingerprint density at radius 1 is 1.29 bits per heavy atom. The Balaban J connectivity index is 2.13. The molecule has 1 aromatic carbocycles. The Labute approximate surface area is 128 Å². The number of hydrogen-bond acceptors (Lipinski definition) is 3. The van der Waals surface area contributed by atoms with Gasteiger partial charge < -0.3 is 9.30 Å². The monoisotopic (exact) mass is 301 g/mol. The van der Waals surface area contributed by atoms with E-state index in [-0.39, 0.29) is 0 Å². The highest BCUT2D eigenvalue weighted by molar-refractivity contribution is 6.16. The average molecular weight is 302 g/mol. The van der Waals surface area contributed by atoms with Crippen molar-refractivity contribution >= 4 is 22.6 Å². The van der Waals surface area contributed by atoms with Gasteiger partial charge in [0, 0.05) is 18.5 Å². The van der Waals surface area contributed by atoms with Crippen LogP contribution in [0, 0.1) is 6.92 Å². The van der Waals surface area contributed by atoms with Gasteiger partial charge >= 0.3 is 0 Å². The summed E-state index contributed by atoms with van der Waals surface area (Å²) in [6.45, 7) is 2.78. The van der Waals surface area contributed by atoms with Crippen molar-refractivity contribution in [2.75, 3.05) is 7.11 Å². The lowest BCUT2D eigenvalue weighted by Gasteiger charge is -2.10. The van der Waals surface area contributed by atoms with Crippen LogP contribution in [-0.4, -0.2) is 21.6 Å². The summed E-state index contributed by atoms with van der Waals surface area (Å²) >= 11 is 6.05. The lowest BCUT2D eigenvalue weighted by Crippen LogP contribution is -2.05. The third-order valence-corrected chi connectivity index (χ3v) is 3.87. The molecule has 0 radical (unpaired) electrons. The van der Waals surface area contributed by atoms with Crippen LogP contribution >= 0.6 is 11.6 Å². The number of halogens is 1. The highest BCUT2D eigenvalue weighted by Gasteiger charge is 2.12. The molecular weight excluding hydrogens is 286 g/mol. The number of fused-ring (bicyclic) bond motifs is 1. The molecule has 0 saturated carbocycles. The van der Waals surface area contributed by atoms with Crippen molar-refractivity contribution in [2.24, 2.45) is 0 Å². The van der Waals surface area contributed by atoms with E-state index in [9.17, 15) is 0 Å². The summed E-state index contributed by atoms with van der Waals surface area (Å²) < 4.78 is 7.43.